The Morgan fingerprint density at radius 2 is 2.14 bits per heavy atom. The quantitative estimate of drug-likeness (QED) is 0.722. The summed E-state index contributed by atoms with van der Waals surface area (Å²) in [6.07, 6.45) is 0.846. The Kier molecular flexibility index (Phi) is 2.37. The molecule has 76 valence electrons. The molecule has 2 N–H and O–H groups in total. The zero-order chi connectivity index (χ0) is 10.1. The third-order valence-electron chi connectivity index (χ3n) is 2.60. The highest BCUT2D eigenvalue weighted by Crippen LogP contribution is 2.32. The molecule has 1 heterocycles. The lowest BCUT2D eigenvalue weighted by Crippen LogP contribution is -2.08. The first kappa shape index (κ1) is 9.40. The molecule has 0 spiro atoms. The van der Waals surface area contributed by atoms with Crippen molar-refractivity contribution in [1.29, 1.82) is 0 Å². The third-order valence-corrected chi connectivity index (χ3v) is 2.60. The van der Waals surface area contributed by atoms with E-state index >= 15 is 0 Å². The number of hydrogen-bond donors (Lipinski definition) is 2. The lowest BCUT2D eigenvalue weighted by Gasteiger charge is -2.11. The molecular formula is C10H11F2NO. The average Bonchev–Trinajstić information content (AvgIpc) is 2.67. The maximum Gasteiger partial charge on any atom is 0.200 e. The first-order valence-electron chi connectivity index (χ1n) is 4.57. The molecule has 0 saturated carbocycles. The maximum atomic E-state index is 13.0. The Balaban J connectivity index is 2.38. The lowest BCUT2D eigenvalue weighted by molar-refractivity contribution is 0.398. The van der Waals surface area contributed by atoms with Gasteiger partial charge in [-0.25, -0.2) is 4.39 Å². The van der Waals surface area contributed by atoms with E-state index in [4.69, 9.17) is 0 Å². The minimum Gasteiger partial charge on any atom is -0.505 e. The van der Waals surface area contributed by atoms with E-state index in [0.29, 0.717) is 12.1 Å². The molecule has 4 heteroatoms. The first-order valence-corrected chi connectivity index (χ1v) is 4.57. The molecule has 2 rings (SSSR count). The minimum atomic E-state index is -1.14. The van der Waals surface area contributed by atoms with Crippen LogP contribution in [0.2, 0.25) is 0 Å². The highest BCUT2D eigenvalue weighted by molar-refractivity contribution is 5.37. The Labute approximate surface area is 80.6 Å². The van der Waals surface area contributed by atoms with Gasteiger partial charge in [-0.05, 0) is 19.0 Å². The summed E-state index contributed by atoms with van der Waals surface area (Å²) in [5, 5.41) is 12.5. The number of halogens is 2. The highest BCUT2D eigenvalue weighted by Gasteiger charge is 2.22. The largest absolute Gasteiger partial charge is 0.505 e. The fraction of sp³-hybridized carbons (Fsp3) is 0.400. The highest BCUT2D eigenvalue weighted by atomic mass is 19.2. The number of hydrogen-bond acceptors (Lipinski definition) is 2. The van der Waals surface area contributed by atoms with Crippen molar-refractivity contribution in [2.75, 3.05) is 13.1 Å². The topological polar surface area (TPSA) is 32.3 Å². The number of phenolic OH excluding ortho intramolecular Hbond substituents is 1. The molecule has 1 aliphatic heterocycles. The van der Waals surface area contributed by atoms with Crippen LogP contribution in [0.1, 0.15) is 17.9 Å². The summed E-state index contributed by atoms with van der Waals surface area (Å²) in [5.74, 6) is -2.60. The van der Waals surface area contributed by atoms with Gasteiger partial charge in [-0.15, -0.1) is 0 Å². The van der Waals surface area contributed by atoms with Crippen LogP contribution >= 0.6 is 0 Å². The SMILES string of the molecule is Oc1c(C2CCNC2)ccc(F)c1F. The number of aromatic hydroxyl groups is 1. The van der Waals surface area contributed by atoms with Gasteiger partial charge in [-0.1, -0.05) is 6.07 Å². The second-order valence-corrected chi connectivity index (χ2v) is 3.49. The summed E-state index contributed by atoms with van der Waals surface area (Å²) in [6, 6.07) is 2.51. The Morgan fingerprint density at radius 3 is 2.79 bits per heavy atom. The molecule has 0 bridgehead atoms. The second-order valence-electron chi connectivity index (χ2n) is 3.49. The number of nitrogens with one attached hydrogen (secondary N) is 1. The summed E-state index contributed by atoms with van der Waals surface area (Å²) in [7, 11) is 0. The van der Waals surface area contributed by atoms with Gasteiger partial charge in [0.2, 0.25) is 5.82 Å². The van der Waals surface area contributed by atoms with Crippen LogP contribution in [-0.4, -0.2) is 18.2 Å². The molecule has 0 aromatic heterocycles. The maximum absolute atomic E-state index is 13.0. The van der Waals surface area contributed by atoms with Crippen molar-refractivity contribution in [2.24, 2.45) is 0 Å². The van der Waals surface area contributed by atoms with Gasteiger partial charge in [0.15, 0.2) is 11.6 Å². The van der Waals surface area contributed by atoms with Crippen LogP contribution in [0.25, 0.3) is 0 Å². The van der Waals surface area contributed by atoms with E-state index in [2.05, 4.69) is 5.32 Å². The predicted octanol–water partition coefficient (Wildman–Crippen LogP) is 1.75. The van der Waals surface area contributed by atoms with E-state index in [-0.39, 0.29) is 5.92 Å². The first-order chi connectivity index (χ1) is 6.70. The summed E-state index contributed by atoms with van der Waals surface area (Å²) in [4.78, 5) is 0. The number of phenols is 1. The average molecular weight is 199 g/mol. The Morgan fingerprint density at radius 1 is 1.36 bits per heavy atom. The molecule has 1 aromatic carbocycles. The van der Waals surface area contributed by atoms with Gasteiger partial charge in [-0.3, -0.25) is 0 Å². The predicted molar refractivity (Wildman–Crippen MR) is 48.3 cm³/mol. The number of rotatable bonds is 1. The minimum absolute atomic E-state index is 0.0881. The van der Waals surface area contributed by atoms with Crippen LogP contribution < -0.4 is 5.32 Å². The molecule has 1 saturated heterocycles. The summed E-state index contributed by atoms with van der Waals surface area (Å²) >= 11 is 0. The Bertz CT molecular complexity index is 348. The summed E-state index contributed by atoms with van der Waals surface area (Å²) in [6.45, 7) is 1.56. The molecule has 1 atom stereocenters. The van der Waals surface area contributed by atoms with Crippen molar-refractivity contribution in [2.45, 2.75) is 12.3 Å². The summed E-state index contributed by atoms with van der Waals surface area (Å²) < 4.78 is 25.7. The van der Waals surface area contributed by atoms with E-state index < -0.39 is 17.4 Å². The van der Waals surface area contributed by atoms with Crippen molar-refractivity contribution in [3.63, 3.8) is 0 Å². The molecule has 0 amide bonds. The van der Waals surface area contributed by atoms with Crippen LogP contribution in [0.5, 0.6) is 5.75 Å². The van der Waals surface area contributed by atoms with Gasteiger partial charge in [0.1, 0.15) is 0 Å². The molecule has 1 aliphatic rings. The van der Waals surface area contributed by atoms with Gasteiger partial charge < -0.3 is 10.4 Å². The fourth-order valence-electron chi connectivity index (χ4n) is 1.80. The van der Waals surface area contributed by atoms with Gasteiger partial charge >= 0.3 is 0 Å². The molecular weight excluding hydrogens is 188 g/mol. The van der Waals surface area contributed by atoms with E-state index in [1.54, 1.807) is 0 Å². The molecule has 0 aliphatic carbocycles. The standard InChI is InChI=1S/C10H11F2NO/c11-8-2-1-7(10(14)9(8)12)6-3-4-13-5-6/h1-2,6,13-14H,3-5H2. The van der Waals surface area contributed by atoms with Gasteiger partial charge in [0.05, 0.1) is 0 Å². The van der Waals surface area contributed by atoms with Crippen molar-refractivity contribution in [3.05, 3.63) is 29.3 Å². The van der Waals surface area contributed by atoms with Crippen molar-refractivity contribution in [3.8, 4) is 5.75 Å². The van der Waals surface area contributed by atoms with Crippen LogP contribution in [0, 0.1) is 11.6 Å². The third kappa shape index (κ3) is 1.46. The van der Waals surface area contributed by atoms with Crippen molar-refractivity contribution in [1.82, 2.24) is 5.32 Å². The Hall–Kier alpha value is -1.16. The van der Waals surface area contributed by atoms with Crippen LogP contribution in [0.4, 0.5) is 8.78 Å². The molecule has 0 radical (unpaired) electrons. The fourth-order valence-corrected chi connectivity index (χ4v) is 1.80. The zero-order valence-corrected chi connectivity index (χ0v) is 7.56. The van der Waals surface area contributed by atoms with Crippen molar-refractivity contribution < 1.29 is 13.9 Å². The van der Waals surface area contributed by atoms with Crippen LogP contribution in [0.15, 0.2) is 12.1 Å². The number of benzene rings is 1. The summed E-state index contributed by atoms with van der Waals surface area (Å²) in [5.41, 5.74) is 0.494. The van der Waals surface area contributed by atoms with Crippen molar-refractivity contribution >= 4 is 0 Å². The van der Waals surface area contributed by atoms with E-state index in [1.807, 2.05) is 0 Å². The molecule has 14 heavy (non-hydrogen) atoms. The normalized spacial score (nSPS) is 21.4. The van der Waals surface area contributed by atoms with E-state index in [0.717, 1.165) is 19.0 Å². The molecule has 2 nitrogen and oxygen atoms in total. The zero-order valence-electron chi connectivity index (χ0n) is 7.56. The monoisotopic (exact) mass is 199 g/mol. The van der Waals surface area contributed by atoms with E-state index in [1.165, 1.54) is 6.07 Å². The van der Waals surface area contributed by atoms with Crippen LogP contribution in [-0.2, 0) is 0 Å². The smallest absolute Gasteiger partial charge is 0.200 e. The second kappa shape index (κ2) is 3.53. The van der Waals surface area contributed by atoms with Gasteiger partial charge in [0, 0.05) is 18.0 Å². The van der Waals surface area contributed by atoms with E-state index in [9.17, 15) is 13.9 Å². The molecule has 1 aromatic rings. The van der Waals surface area contributed by atoms with Gasteiger partial charge in [0.25, 0.3) is 0 Å². The molecule has 1 fully saturated rings. The van der Waals surface area contributed by atoms with Crippen LogP contribution in [0.3, 0.4) is 0 Å². The lowest BCUT2D eigenvalue weighted by atomic mass is 9.97. The van der Waals surface area contributed by atoms with Gasteiger partial charge in [-0.2, -0.15) is 4.39 Å². The molecule has 1 unspecified atom stereocenters.